The molecule has 0 bridgehead atoms. The number of rotatable bonds is 5. The Labute approximate surface area is 128 Å². The van der Waals surface area contributed by atoms with E-state index >= 15 is 0 Å². The van der Waals surface area contributed by atoms with Crippen molar-refractivity contribution >= 4 is 23.1 Å². The molecule has 1 N–H and O–H groups in total. The van der Waals surface area contributed by atoms with Crippen LogP contribution < -0.4 is 10.1 Å². The number of carbonyl (C=O) groups excluding carboxylic acids is 1. The molecule has 0 fully saturated rings. The number of carbonyl (C=O) groups is 1. The molecule has 1 amide bonds. The fraction of sp³-hybridized carbons (Fsp3) is 0.400. The second-order valence-electron chi connectivity index (χ2n) is 5.34. The molecule has 0 saturated carbocycles. The van der Waals surface area contributed by atoms with E-state index in [0.29, 0.717) is 10.9 Å². The summed E-state index contributed by atoms with van der Waals surface area (Å²) in [6, 6.07) is 7.21. The lowest BCUT2D eigenvalue weighted by Crippen LogP contribution is -2.17. The summed E-state index contributed by atoms with van der Waals surface area (Å²) in [5.74, 6) is 1.69. The first-order valence-electron chi connectivity index (χ1n) is 6.88. The van der Waals surface area contributed by atoms with Crippen LogP contribution in [-0.2, 0) is 4.79 Å². The van der Waals surface area contributed by atoms with Crippen LogP contribution in [0.15, 0.2) is 24.3 Å². The van der Waals surface area contributed by atoms with Gasteiger partial charge < -0.3 is 10.1 Å². The van der Waals surface area contributed by atoms with Gasteiger partial charge in [-0.25, -0.2) is 0 Å². The van der Waals surface area contributed by atoms with E-state index in [1.165, 1.54) is 11.5 Å². The minimum atomic E-state index is -0.0447. The fourth-order valence-electron chi connectivity index (χ4n) is 1.49. The second kappa shape index (κ2) is 6.67. The van der Waals surface area contributed by atoms with Crippen molar-refractivity contribution in [2.75, 3.05) is 5.32 Å². The molecule has 5 nitrogen and oxygen atoms in total. The van der Waals surface area contributed by atoms with Gasteiger partial charge in [0, 0.05) is 29.1 Å². The number of amides is 1. The van der Waals surface area contributed by atoms with Crippen molar-refractivity contribution in [1.82, 2.24) is 9.36 Å². The Morgan fingerprint density at radius 1 is 1.19 bits per heavy atom. The number of hydrogen-bond donors (Lipinski definition) is 1. The third-order valence-corrected chi connectivity index (χ3v) is 3.40. The SMILES string of the molecule is CC(C)C(=O)Nc1ccc(Oc2nc(C(C)C)ns2)cc1. The lowest BCUT2D eigenvalue weighted by molar-refractivity contribution is -0.118. The van der Waals surface area contributed by atoms with E-state index in [4.69, 9.17) is 4.74 Å². The smallest absolute Gasteiger partial charge is 0.298 e. The van der Waals surface area contributed by atoms with E-state index in [2.05, 4.69) is 14.7 Å². The highest BCUT2D eigenvalue weighted by atomic mass is 32.1. The molecule has 112 valence electrons. The maximum absolute atomic E-state index is 11.6. The number of anilines is 1. The summed E-state index contributed by atoms with van der Waals surface area (Å²) in [7, 11) is 0. The molecule has 0 aliphatic heterocycles. The maximum atomic E-state index is 11.6. The number of aromatic nitrogens is 2. The van der Waals surface area contributed by atoms with Gasteiger partial charge in [-0.15, -0.1) is 0 Å². The van der Waals surface area contributed by atoms with E-state index in [0.717, 1.165) is 11.5 Å². The first kappa shape index (κ1) is 15.4. The molecule has 0 aliphatic carbocycles. The summed E-state index contributed by atoms with van der Waals surface area (Å²) in [5.41, 5.74) is 0.751. The minimum absolute atomic E-state index is 0.00522. The highest BCUT2D eigenvalue weighted by Gasteiger charge is 2.10. The molecule has 0 radical (unpaired) electrons. The van der Waals surface area contributed by atoms with E-state index in [1.807, 2.05) is 27.7 Å². The molecule has 0 aliphatic rings. The van der Waals surface area contributed by atoms with Gasteiger partial charge >= 0.3 is 0 Å². The molecular weight excluding hydrogens is 286 g/mol. The Bertz CT molecular complexity index is 606. The molecule has 1 aromatic carbocycles. The van der Waals surface area contributed by atoms with Gasteiger partial charge in [0.2, 0.25) is 5.91 Å². The number of nitrogens with one attached hydrogen (secondary N) is 1. The van der Waals surface area contributed by atoms with E-state index < -0.39 is 0 Å². The number of nitrogens with zero attached hydrogens (tertiary/aromatic N) is 2. The third-order valence-electron chi connectivity index (χ3n) is 2.79. The molecule has 0 spiro atoms. The lowest BCUT2D eigenvalue weighted by atomic mass is 10.2. The predicted molar refractivity (Wildman–Crippen MR) is 84.0 cm³/mol. The molecule has 0 unspecified atom stereocenters. The Kier molecular flexibility index (Phi) is 4.90. The quantitative estimate of drug-likeness (QED) is 0.905. The van der Waals surface area contributed by atoms with Crippen LogP contribution in [0.2, 0.25) is 0 Å². The third kappa shape index (κ3) is 4.26. The molecule has 1 aromatic heterocycles. The Balaban J connectivity index is 2.00. The highest BCUT2D eigenvalue weighted by Crippen LogP contribution is 2.26. The van der Waals surface area contributed by atoms with E-state index in [9.17, 15) is 4.79 Å². The maximum Gasteiger partial charge on any atom is 0.298 e. The van der Waals surface area contributed by atoms with Gasteiger partial charge in [0.1, 0.15) is 11.6 Å². The van der Waals surface area contributed by atoms with Crippen LogP contribution in [-0.4, -0.2) is 15.3 Å². The molecule has 2 rings (SSSR count). The van der Waals surface area contributed by atoms with Crippen molar-refractivity contribution in [1.29, 1.82) is 0 Å². The van der Waals surface area contributed by atoms with Crippen LogP contribution in [0.3, 0.4) is 0 Å². The predicted octanol–water partition coefficient (Wildman–Crippen LogP) is 4.05. The van der Waals surface area contributed by atoms with Crippen LogP contribution in [0.5, 0.6) is 10.9 Å². The number of benzene rings is 1. The summed E-state index contributed by atoms with van der Waals surface area (Å²) in [6.07, 6.45) is 0. The van der Waals surface area contributed by atoms with Gasteiger partial charge in [0.15, 0.2) is 0 Å². The number of ether oxygens (including phenoxy) is 1. The largest absolute Gasteiger partial charge is 0.430 e. The van der Waals surface area contributed by atoms with Gasteiger partial charge in [0.25, 0.3) is 5.19 Å². The van der Waals surface area contributed by atoms with Crippen molar-refractivity contribution in [3.63, 3.8) is 0 Å². The summed E-state index contributed by atoms with van der Waals surface area (Å²) in [4.78, 5) is 15.9. The first-order chi connectivity index (χ1) is 9.95. The topological polar surface area (TPSA) is 64.1 Å². The average Bonchev–Trinajstić information content (AvgIpc) is 2.89. The lowest BCUT2D eigenvalue weighted by Gasteiger charge is -2.08. The summed E-state index contributed by atoms with van der Waals surface area (Å²) in [6.45, 7) is 7.79. The van der Waals surface area contributed by atoms with Crippen molar-refractivity contribution in [3.8, 4) is 10.9 Å². The molecule has 6 heteroatoms. The Hall–Kier alpha value is -1.95. The minimum Gasteiger partial charge on any atom is -0.430 e. The Morgan fingerprint density at radius 2 is 1.86 bits per heavy atom. The van der Waals surface area contributed by atoms with Crippen LogP contribution in [0.25, 0.3) is 0 Å². The zero-order chi connectivity index (χ0) is 15.4. The molecular formula is C15H19N3O2S. The molecule has 2 aromatic rings. The van der Waals surface area contributed by atoms with Gasteiger partial charge in [-0.3, -0.25) is 4.79 Å². The van der Waals surface area contributed by atoms with Crippen LogP contribution in [0, 0.1) is 5.92 Å². The summed E-state index contributed by atoms with van der Waals surface area (Å²) >= 11 is 1.24. The van der Waals surface area contributed by atoms with Crippen molar-refractivity contribution in [3.05, 3.63) is 30.1 Å². The molecule has 21 heavy (non-hydrogen) atoms. The van der Waals surface area contributed by atoms with Crippen molar-refractivity contribution in [2.45, 2.75) is 33.6 Å². The average molecular weight is 305 g/mol. The normalized spacial score (nSPS) is 11.0. The summed E-state index contributed by atoms with van der Waals surface area (Å²) < 4.78 is 9.89. The van der Waals surface area contributed by atoms with Crippen molar-refractivity contribution < 1.29 is 9.53 Å². The van der Waals surface area contributed by atoms with Crippen molar-refractivity contribution in [2.24, 2.45) is 5.92 Å². The van der Waals surface area contributed by atoms with E-state index in [-0.39, 0.29) is 17.7 Å². The molecule has 0 saturated heterocycles. The van der Waals surface area contributed by atoms with Gasteiger partial charge in [-0.1, -0.05) is 27.7 Å². The molecule has 1 heterocycles. The Morgan fingerprint density at radius 3 is 2.38 bits per heavy atom. The van der Waals surface area contributed by atoms with Crippen LogP contribution in [0.1, 0.15) is 39.4 Å². The van der Waals surface area contributed by atoms with E-state index in [1.54, 1.807) is 24.3 Å². The van der Waals surface area contributed by atoms with Gasteiger partial charge in [-0.2, -0.15) is 9.36 Å². The highest BCUT2D eigenvalue weighted by molar-refractivity contribution is 7.07. The standard InChI is InChI=1S/C15H19N3O2S/c1-9(2)13-17-15(21-18-13)20-12-7-5-11(6-8-12)16-14(19)10(3)4/h5-10H,1-4H3,(H,16,19). The fourth-order valence-corrected chi connectivity index (χ4v) is 2.18. The molecule has 0 atom stereocenters. The zero-order valence-corrected chi connectivity index (χ0v) is 13.4. The van der Waals surface area contributed by atoms with Crippen LogP contribution >= 0.6 is 11.5 Å². The monoisotopic (exact) mass is 305 g/mol. The second-order valence-corrected chi connectivity index (χ2v) is 6.06. The first-order valence-corrected chi connectivity index (χ1v) is 7.65. The van der Waals surface area contributed by atoms with Gasteiger partial charge in [-0.05, 0) is 24.3 Å². The zero-order valence-electron chi connectivity index (χ0n) is 12.6. The van der Waals surface area contributed by atoms with Gasteiger partial charge in [0.05, 0.1) is 0 Å². The van der Waals surface area contributed by atoms with Crippen LogP contribution in [0.4, 0.5) is 5.69 Å². The summed E-state index contributed by atoms with van der Waals surface area (Å²) in [5, 5.41) is 3.36. The number of hydrogen-bond acceptors (Lipinski definition) is 5.